The molecule has 0 aromatic heterocycles. The molecule has 5 nitrogen and oxygen atoms in total. The predicted octanol–water partition coefficient (Wildman–Crippen LogP) is 3.23. The fourth-order valence-electron chi connectivity index (χ4n) is 4.52. The third-order valence-corrected chi connectivity index (χ3v) is 5.89. The first-order valence-electron chi connectivity index (χ1n) is 10.2. The number of rotatable bonds is 4. The molecule has 0 radical (unpaired) electrons. The third-order valence-electron chi connectivity index (χ3n) is 5.89. The second kappa shape index (κ2) is 7.93. The number of benzene rings is 2. The van der Waals surface area contributed by atoms with Gasteiger partial charge in [-0.15, -0.1) is 0 Å². The summed E-state index contributed by atoms with van der Waals surface area (Å²) in [4.78, 5) is 17.4. The van der Waals surface area contributed by atoms with Crippen LogP contribution in [0.1, 0.15) is 19.4 Å². The predicted molar refractivity (Wildman–Crippen MR) is 113 cm³/mol. The summed E-state index contributed by atoms with van der Waals surface area (Å²) in [6, 6.07) is 13.0. The van der Waals surface area contributed by atoms with Crippen LogP contribution in [0.25, 0.3) is 0 Å². The quantitative estimate of drug-likeness (QED) is 0.861. The molecular formula is C23H28FN3O2. The van der Waals surface area contributed by atoms with E-state index in [4.69, 9.17) is 4.74 Å². The Balaban J connectivity index is 1.69. The van der Waals surface area contributed by atoms with Crippen molar-refractivity contribution in [1.29, 1.82) is 0 Å². The van der Waals surface area contributed by atoms with Crippen LogP contribution in [0.3, 0.4) is 0 Å². The summed E-state index contributed by atoms with van der Waals surface area (Å²) in [5.74, 6) is 0.464. The van der Waals surface area contributed by atoms with Crippen LogP contribution in [0.4, 0.5) is 15.8 Å². The van der Waals surface area contributed by atoms with Crippen molar-refractivity contribution in [2.45, 2.75) is 32.4 Å². The van der Waals surface area contributed by atoms with E-state index < -0.39 is 0 Å². The summed E-state index contributed by atoms with van der Waals surface area (Å²) >= 11 is 0. The highest BCUT2D eigenvalue weighted by atomic mass is 19.1. The van der Waals surface area contributed by atoms with Crippen LogP contribution in [0.2, 0.25) is 0 Å². The van der Waals surface area contributed by atoms with E-state index in [1.165, 1.54) is 6.07 Å². The fraction of sp³-hybridized carbons (Fsp3) is 0.435. The zero-order valence-electron chi connectivity index (χ0n) is 17.2. The largest absolute Gasteiger partial charge is 0.497 e. The molecule has 0 bridgehead atoms. The van der Waals surface area contributed by atoms with Crippen LogP contribution in [-0.4, -0.2) is 44.7 Å². The number of piperazine rings is 1. The van der Waals surface area contributed by atoms with Crippen molar-refractivity contribution in [2.75, 3.05) is 36.5 Å². The Labute approximate surface area is 171 Å². The molecule has 2 aromatic rings. The Kier molecular flexibility index (Phi) is 5.35. The zero-order valence-corrected chi connectivity index (χ0v) is 17.2. The lowest BCUT2D eigenvalue weighted by molar-refractivity contribution is -0.126. The normalized spacial score (nSPS) is 20.9. The fourth-order valence-corrected chi connectivity index (χ4v) is 4.52. The standard InChI is InChI=1S/C23H28FN3O2/c1-15(2)25-23(28)18-12-16-8-9-17(29-3)13-21(16)27-11-10-26(14-22(18)27)20-7-5-4-6-19(20)24/h4-9,13,15,18,22H,10-12,14H2,1-3H3,(H,25,28)/t18-,22+/m1/s1. The number of carbonyl (C=O) groups is 1. The Morgan fingerprint density at radius 3 is 2.69 bits per heavy atom. The summed E-state index contributed by atoms with van der Waals surface area (Å²) in [5.41, 5.74) is 2.88. The van der Waals surface area contributed by atoms with Crippen LogP contribution in [0.5, 0.6) is 5.75 Å². The number of halogens is 1. The average molecular weight is 397 g/mol. The van der Waals surface area contributed by atoms with Gasteiger partial charge in [-0.2, -0.15) is 0 Å². The molecule has 1 saturated heterocycles. The second-order valence-electron chi connectivity index (χ2n) is 8.13. The molecule has 0 saturated carbocycles. The minimum atomic E-state index is -0.220. The summed E-state index contributed by atoms with van der Waals surface area (Å²) in [6.07, 6.45) is 0.671. The number of nitrogens with zero attached hydrogens (tertiary/aromatic N) is 2. The van der Waals surface area contributed by atoms with Gasteiger partial charge in [0.15, 0.2) is 0 Å². The Bertz CT molecular complexity index is 901. The molecule has 29 heavy (non-hydrogen) atoms. The molecule has 1 N–H and O–H groups in total. The van der Waals surface area contributed by atoms with E-state index in [-0.39, 0.29) is 29.7 Å². The van der Waals surface area contributed by atoms with E-state index in [1.54, 1.807) is 13.2 Å². The maximum absolute atomic E-state index is 14.4. The summed E-state index contributed by atoms with van der Waals surface area (Å²) in [5, 5.41) is 3.08. The number of carbonyl (C=O) groups excluding carboxylic acids is 1. The van der Waals surface area contributed by atoms with Gasteiger partial charge in [0.2, 0.25) is 5.91 Å². The molecule has 2 aliphatic rings. The van der Waals surface area contributed by atoms with Crippen molar-refractivity contribution in [1.82, 2.24) is 5.32 Å². The van der Waals surface area contributed by atoms with Gasteiger partial charge in [-0.3, -0.25) is 4.79 Å². The summed E-state index contributed by atoms with van der Waals surface area (Å²) in [7, 11) is 1.66. The number of hydrogen-bond acceptors (Lipinski definition) is 4. The topological polar surface area (TPSA) is 44.8 Å². The first kappa shape index (κ1) is 19.6. The average Bonchev–Trinajstić information content (AvgIpc) is 2.72. The summed E-state index contributed by atoms with van der Waals surface area (Å²) in [6.45, 7) is 5.98. The molecule has 2 heterocycles. The number of hydrogen-bond donors (Lipinski definition) is 1. The molecule has 1 fully saturated rings. The first-order chi connectivity index (χ1) is 14.0. The van der Waals surface area contributed by atoms with Crippen LogP contribution >= 0.6 is 0 Å². The smallest absolute Gasteiger partial charge is 0.225 e. The zero-order chi connectivity index (χ0) is 20.5. The molecule has 154 valence electrons. The van der Waals surface area contributed by atoms with Gasteiger partial charge in [-0.05, 0) is 44.0 Å². The Hall–Kier alpha value is -2.76. The highest BCUT2D eigenvalue weighted by molar-refractivity contribution is 5.82. The minimum absolute atomic E-state index is 0.0262. The maximum Gasteiger partial charge on any atom is 0.225 e. The van der Waals surface area contributed by atoms with Crippen molar-refractivity contribution in [3.8, 4) is 5.75 Å². The number of fused-ring (bicyclic) bond motifs is 3. The van der Waals surface area contributed by atoms with Gasteiger partial charge < -0.3 is 19.9 Å². The van der Waals surface area contributed by atoms with Gasteiger partial charge in [0.25, 0.3) is 0 Å². The lowest BCUT2D eigenvalue weighted by Crippen LogP contribution is -2.61. The molecule has 4 rings (SSSR count). The molecule has 6 heteroatoms. The Morgan fingerprint density at radius 2 is 1.97 bits per heavy atom. The lowest BCUT2D eigenvalue weighted by Gasteiger charge is -2.49. The maximum atomic E-state index is 14.4. The van der Waals surface area contributed by atoms with Crippen LogP contribution in [0, 0.1) is 11.7 Å². The minimum Gasteiger partial charge on any atom is -0.497 e. The summed E-state index contributed by atoms with van der Waals surface area (Å²) < 4.78 is 19.8. The first-order valence-corrected chi connectivity index (χ1v) is 10.2. The van der Waals surface area contributed by atoms with E-state index in [0.29, 0.717) is 25.2 Å². The number of amides is 1. The molecule has 0 unspecified atom stereocenters. The number of anilines is 2. The van der Waals surface area contributed by atoms with Crippen molar-refractivity contribution >= 4 is 17.3 Å². The molecule has 2 aliphatic heterocycles. The van der Waals surface area contributed by atoms with Crippen molar-refractivity contribution in [3.63, 3.8) is 0 Å². The SMILES string of the molecule is COc1ccc2c(c1)N1CCN(c3ccccc3F)C[C@H]1[C@H](C(=O)NC(C)C)C2. The molecule has 2 aromatic carbocycles. The van der Waals surface area contributed by atoms with Crippen molar-refractivity contribution in [2.24, 2.45) is 5.92 Å². The number of methoxy groups -OCH3 is 1. The number of para-hydroxylation sites is 1. The van der Waals surface area contributed by atoms with Gasteiger partial charge >= 0.3 is 0 Å². The van der Waals surface area contributed by atoms with Gasteiger partial charge in [-0.1, -0.05) is 18.2 Å². The van der Waals surface area contributed by atoms with Crippen LogP contribution in [-0.2, 0) is 11.2 Å². The van der Waals surface area contributed by atoms with Crippen molar-refractivity contribution in [3.05, 3.63) is 53.8 Å². The van der Waals surface area contributed by atoms with E-state index >= 15 is 0 Å². The van der Waals surface area contributed by atoms with Gasteiger partial charge in [-0.25, -0.2) is 4.39 Å². The van der Waals surface area contributed by atoms with E-state index in [0.717, 1.165) is 23.5 Å². The molecule has 1 amide bonds. The van der Waals surface area contributed by atoms with Crippen molar-refractivity contribution < 1.29 is 13.9 Å². The highest BCUT2D eigenvalue weighted by Crippen LogP contribution is 2.39. The highest BCUT2D eigenvalue weighted by Gasteiger charge is 2.42. The Morgan fingerprint density at radius 1 is 1.17 bits per heavy atom. The van der Waals surface area contributed by atoms with Crippen LogP contribution in [0.15, 0.2) is 42.5 Å². The van der Waals surface area contributed by atoms with Gasteiger partial charge in [0.05, 0.1) is 24.8 Å². The second-order valence-corrected chi connectivity index (χ2v) is 8.13. The molecule has 2 atom stereocenters. The van der Waals surface area contributed by atoms with E-state index in [1.807, 2.05) is 32.0 Å². The van der Waals surface area contributed by atoms with Gasteiger partial charge in [0, 0.05) is 37.4 Å². The third kappa shape index (κ3) is 3.76. The molecule has 0 aliphatic carbocycles. The molecule has 0 spiro atoms. The van der Waals surface area contributed by atoms with Gasteiger partial charge in [0.1, 0.15) is 11.6 Å². The monoisotopic (exact) mass is 397 g/mol. The van der Waals surface area contributed by atoms with E-state index in [9.17, 15) is 9.18 Å². The lowest BCUT2D eigenvalue weighted by atomic mass is 9.83. The van der Waals surface area contributed by atoms with Crippen LogP contribution < -0.4 is 19.9 Å². The number of ether oxygens (including phenoxy) is 1. The number of nitrogens with one attached hydrogen (secondary N) is 1. The van der Waals surface area contributed by atoms with E-state index in [2.05, 4.69) is 27.2 Å². The molecular weight excluding hydrogens is 369 g/mol.